The van der Waals surface area contributed by atoms with Crippen molar-refractivity contribution in [3.8, 4) is 33.4 Å². The van der Waals surface area contributed by atoms with E-state index in [1.165, 1.54) is 64.8 Å². The predicted molar refractivity (Wildman–Crippen MR) is 146 cm³/mol. The molecule has 1 heteroatoms. The van der Waals surface area contributed by atoms with Gasteiger partial charge in [0, 0.05) is 3.57 Å². The van der Waals surface area contributed by atoms with Gasteiger partial charge in [-0.15, -0.1) is 0 Å². The van der Waals surface area contributed by atoms with E-state index >= 15 is 0 Å². The van der Waals surface area contributed by atoms with E-state index in [-0.39, 0.29) is 5.41 Å². The average molecular weight is 532 g/mol. The zero-order valence-corrected chi connectivity index (χ0v) is 20.4. The van der Waals surface area contributed by atoms with Crippen molar-refractivity contribution in [3.63, 3.8) is 0 Å². The van der Waals surface area contributed by atoms with Crippen molar-refractivity contribution in [1.82, 2.24) is 0 Å². The second kappa shape index (κ2) is 6.91. The van der Waals surface area contributed by atoms with Crippen LogP contribution in [-0.2, 0) is 5.41 Å². The first-order chi connectivity index (χ1) is 16.2. The van der Waals surface area contributed by atoms with E-state index in [1.54, 1.807) is 0 Å². The zero-order valence-electron chi connectivity index (χ0n) is 18.3. The van der Waals surface area contributed by atoms with Gasteiger partial charge in [-0.25, -0.2) is 0 Å². The Morgan fingerprint density at radius 2 is 0.879 bits per heavy atom. The minimum Gasteiger partial charge on any atom is -0.0619 e. The molecule has 0 heterocycles. The van der Waals surface area contributed by atoms with E-state index < -0.39 is 0 Å². The molecule has 0 atom stereocenters. The summed E-state index contributed by atoms with van der Waals surface area (Å²) in [6.07, 6.45) is 0. The first-order valence-electron chi connectivity index (χ1n) is 11.4. The Bertz CT molecular complexity index is 1550. The number of aryl methyl sites for hydroxylation is 1. The number of halogens is 1. The van der Waals surface area contributed by atoms with Crippen LogP contribution in [0.25, 0.3) is 33.4 Å². The highest BCUT2D eigenvalue weighted by Gasteiger charge is 2.50. The van der Waals surface area contributed by atoms with Crippen LogP contribution in [0.1, 0.15) is 27.8 Å². The molecule has 0 N–H and O–H groups in total. The normalized spacial score (nSPS) is 14.0. The molecule has 0 radical (unpaired) electrons. The summed E-state index contributed by atoms with van der Waals surface area (Å²) in [4.78, 5) is 0. The lowest BCUT2D eigenvalue weighted by Crippen LogP contribution is -2.30. The molecule has 0 aliphatic heterocycles. The molecule has 0 nitrogen and oxygen atoms in total. The predicted octanol–water partition coefficient (Wildman–Crippen LogP) is 8.61. The monoisotopic (exact) mass is 532 g/mol. The summed E-state index contributed by atoms with van der Waals surface area (Å²) in [5.41, 5.74) is 14.5. The van der Waals surface area contributed by atoms with Gasteiger partial charge >= 0.3 is 0 Å². The van der Waals surface area contributed by atoms with Crippen molar-refractivity contribution in [3.05, 3.63) is 141 Å². The van der Waals surface area contributed by atoms with Crippen LogP contribution in [-0.4, -0.2) is 0 Å². The van der Waals surface area contributed by atoms with Crippen molar-refractivity contribution in [1.29, 1.82) is 0 Å². The van der Waals surface area contributed by atoms with Crippen molar-refractivity contribution in [2.75, 3.05) is 0 Å². The number of rotatable bonds is 0. The summed E-state index contributed by atoms with van der Waals surface area (Å²) in [7, 11) is 0. The van der Waals surface area contributed by atoms with Crippen molar-refractivity contribution in [2.24, 2.45) is 0 Å². The van der Waals surface area contributed by atoms with Gasteiger partial charge < -0.3 is 0 Å². The lowest BCUT2D eigenvalue weighted by Gasteiger charge is -2.36. The average Bonchev–Trinajstić information content (AvgIpc) is 3.08. The van der Waals surface area contributed by atoms with Gasteiger partial charge in [-0.1, -0.05) is 97.1 Å². The molecular formula is C32H21I. The number of fused-ring (bicyclic) bond motifs is 12. The second-order valence-electron chi connectivity index (χ2n) is 9.08. The van der Waals surface area contributed by atoms with Crippen LogP contribution < -0.4 is 0 Å². The van der Waals surface area contributed by atoms with Crippen molar-refractivity contribution in [2.45, 2.75) is 12.3 Å². The van der Waals surface area contributed by atoms with Gasteiger partial charge in [0.2, 0.25) is 0 Å². The topological polar surface area (TPSA) is 0 Å². The van der Waals surface area contributed by atoms with E-state index in [9.17, 15) is 0 Å². The SMILES string of the molecule is Cc1cc(I)cc2c1C1(c3ccccc3-c3ccccc3-2)c2ccccc2-c2ccccc21. The van der Waals surface area contributed by atoms with Gasteiger partial charge in [-0.05, 0) is 103 Å². The molecule has 1 spiro atoms. The van der Waals surface area contributed by atoms with E-state index in [0.717, 1.165) is 0 Å². The van der Waals surface area contributed by atoms with Gasteiger partial charge in [0.15, 0.2) is 0 Å². The lowest BCUT2D eigenvalue weighted by atomic mass is 9.65. The maximum Gasteiger partial charge on any atom is 0.0728 e. The molecule has 5 aromatic carbocycles. The smallest absolute Gasteiger partial charge is 0.0619 e. The summed E-state index contributed by atoms with van der Waals surface area (Å²) in [6, 6.07) is 40.8. The first kappa shape index (κ1) is 19.3. The highest BCUT2D eigenvalue weighted by molar-refractivity contribution is 14.1. The molecular weight excluding hydrogens is 511 g/mol. The molecule has 7 rings (SSSR count). The largest absolute Gasteiger partial charge is 0.0728 e. The minimum absolute atomic E-state index is 0.355. The van der Waals surface area contributed by atoms with E-state index in [2.05, 4.69) is 139 Å². The Hall–Kier alpha value is -3.17. The molecule has 0 saturated heterocycles. The van der Waals surface area contributed by atoms with Crippen molar-refractivity contribution < 1.29 is 0 Å². The van der Waals surface area contributed by atoms with E-state index in [4.69, 9.17) is 0 Å². The summed E-state index contributed by atoms with van der Waals surface area (Å²) < 4.78 is 1.28. The quantitative estimate of drug-likeness (QED) is 0.172. The van der Waals surface area contributed by atoms with Gasteiger partial charge in [-0.3, -0.25) is 0 Å². The molecule has 156 valence electrons. The van der Waals surface area contributed by atoms with Gasteiger partial charge in [0.1, 0.15) is 0 Å². The molecule has 0 unspecified atom stereocenters. The van der Waals surface area contributed by atoms with Crippen LogP contribution in [0.4, 0.5) is 0 Å². The summed E-state index contributed by atoms with van der Waals surface area (Å²) >= 11 is 2.47. The van der Waals surface area contributed by atoms with Gasteiger partial charge in [0.25, 0.3) is 0 Å². The fourth-order valence-corrected chi connectivity index (χ4v) is 7.16. The Labute approximate surface area is 208 Å². The van der Waals surface area contributed by atoms with E-state index in [1.807, 2.05) is 0 Å². The molecule has 0 amide bonds. The third-order valence-electron chi connectivity index (χ3n) is 7.47. The molecule has 0 bridgehead atoms. The first-order valence-corrected chi connectivity index (χ1v) is 12.5. The molecule has 0 saturated carbocycles. The Kier molecular flexibility index (Phi) is 4.05. The second-order valence-corrected chi connectivity index (χ2v) is 10.3. The maximum atomic E-state index is 2.47. The molecule has 33 heavy (non-hydrogen) atoms. The molecule has 2 aliphatic carbocycles. The summed E-state index contributed by atoms with van der Waals surface area (Å²) in [6.45, 7) is 2.29. The van der Waals surface area contributed by atoms with Crippen molar-refractivity contribution >= 4 is 22.6 Å². The highest BCUT2D eigenvalue weighted by Crippen LogP contribution is 2.61. The van der Waals surface area contributed by atoms with Crippen LogP contribution in [0.3, 0.4) is 0 Å². The standard InChI is InChI=1S/C32H21I/c1-20-18-21(33)19-27-23-11-3-2-10-22(23)24-12-4-7-15-28(24)32(31(20)27)29-16-8-5-13-25(29)26-14-6-9-17-30(26)32/h2-19H,1H3. The Morgan fingerprint density at radius 1 is 0.485 bits per heavy atom. The minimum atomic E-state index is -0.355. The van der Waals surface area contributed by atoms with Gasteiger partial charge in [0.05, 0.1) is 5.41 Å². The van der Waals surface area contributed by atoms with Crippen LogP contribution in [0.15, 0.2) is 109 Å². The molecule has 5 aromatic rings. The summed E-state index contributed by atoms with van der Waals surface area (Å²) in [5.74, 6) is 0. The highest BCUT2D eigenvalue weighted by atomic mass is 127. The third-order valence-corrected chi connectivity index (χ3v) is 8.09. The Balaban J connectivity index is 1.80. The summed E-state index contributed by atoms with van der Waals surface area (Å²) in [5, 5.41) is 0. The van der Waals surface area contributed by atoms with Crippen LogP contribution in [0, 0.1) is 10.5 Å². The van der Waals surface area contributed by atoms with E-state index in [0.29, 0.717) is 0 Å². The maximum absolute atomic E-state index is 2.47. The zero-order chi connectivity index (χ0) is 22.2. The number of hydrogen-bond donors (Lipinski definition) is 0. The fourth-order valence-electron chi connectivity index (χ4n) is 6.38. The van der Waals surface area contributed by atoms with Crippen LogP contribution in [0.2, 0.25) is 0 Å². The molecule has 0 fully saturated rings. The third kappa shape index (κ3) is 2.41. The lowest BCUT2D eigenvalue weighted by molar-refractivity contribution is 0.767. The Morgan fingerprint density at radius 3 is 1.39 bits per heavy atom. The van der Waals surface area contributed by atoms with Gasteiger partial charge in [-0.2, -0.15) is 0 Å². The number of hydrogen-bond acceptors (Lipinski definition) is 0. The van der Waals surface area contributed by atoms with Crippen LogP contribution in [0.5, 0.6) is 0 Å². The fraction of sp³-hybridized carbons (Fsp3) is 0.0625. The van der Waals surface area contributed by atoms with Crippen LogP contribution >= 0.6 is 22.6 Å². The molecule has 0 aromatic heterocycles. The number of benzene rings is 5. The molecule has 2 aliphatic rings.